The molecule has 7 heteroatoms. The van der Waals surface area contributed by atoms with Gasteiger partial charge in [-0.1, -0.05) is 0 Å². The van der Waals surface area contributed by atoms with Crippen molar-refractivity contribution in [3.8, 4) is 0 Å². The van der Waals surface area contributed by atoms with E-state index in [9.17, 15) is 14.0 Å². The summed E-state index contributed by atoms with van der Waals surface area (Å²) in [7, 11) is 1.61. The minimum atomic E-state index is -0.518. The van der Waals surface area contributed by atoms with Crippen LogP contribution < -0.4 is 4.90 Å². The van der Waals surface area contributed by atoms with Crippen molar-refractivity contribution in [1.82, 2.24) is 4.90 Å². The number of esters is 1. The molecule has 1 aromatic rings. The van der Waals surface area contributed by atoms with Gasteiger partial charge in [-0.15, -0.1) is 0 Å². The van der Waals surface area contributed by atoms with E-state index in [1.54, 1.807) is 14.0 Å². The third-order valence-corrected chi connectivity index (χ3v) is 3.65. The summed E-state index contributed by atoms with van der Waals surface area (Å²) in [6.07, 6.45) is 1.53. The van der Waals surface area contributed by atoms with Crippen LogP contribution in [0.5, 0.6) is 0 Å². The van der Waals surface area contributed by atoms with Crippen LogP contribution in [-0.4, -0.2) is 43.3 Å². The first-order valence-electron chi connectivity index (χ1n) is 6.90. The van der Waals surface area contributed by atoms with E-state index in [4.69, 9.17) is 4.74 Å². The largest absolute Gasteiger partial charge is 0.461 e. The molecule has 0 saturated carbocycles. The Morgan fingerprint density at radius 3 is 3.00 bits per heavy atom. The monoisotopic (exact) mass is 304 g/mol. The van der Waals surface area contributed by atoms with Crippen molar-refractivity contribution in [3.63, 3.8) is 0 Å². The van der Waals surface area contributed by atoms with E-state index in [2.05, 4.69) is 4.99 Å². The van der Waals surface area contributed by atoms with E-state index in [-0.39, 0.29) is 30.3 Å². The minimum Gasteiger partial charge on any atom is -0.461 e. The number of likely N-dealkylation sites (N-methyl/N-ethyl adjacent to an activating group) is 1. The van der Waals surface area contributed by atoms with E-state index in [1.165, 1.54) is 29.4 Å². The molecule has 3 rings (SSSR count). The lowest BCUT2D eigenvalue weighted by molar-refractivity contribution is -0.673. The van der Waals surface area contributed by atoms with Crippen molar-refractivity contribution in [3.05, 3.63) is 41.0 Å². The number of hydrogen-bond donors (Lipinski definition) is 1. The molecular weight excluding hydrogens is 289 g/mol. The number of nitrogens with zero attached hydrogens (tertiary/aromatic N) is 2. The lowest BCUT2D eigenvalue weighted by Gasteiger charge is -2.13. The number of aliphatic imine (C=N–C) groups is 1. The summed E-state index contributed by atoms with van der Waals surface area (Å²) in [6.45, 7) is 2.18. The normalized spacial score (nSPS) is 19.9. The van der Waals surface area contributed by atoms with Gasteiger partial charge < -0.3 is 9.64 Å². The molecule has 0 aliphatic carbocycles. The highest BCUT2D eigenvalue weighted by Crippen LogP contribution is 2.22. The van der Waals surface area contributed by atoms with E-state index in [0.717, 1.165) is 0 Å². The number of carbonyl (C=O) groups is 2. The predicted molar refractivity (Wildman–Crippen MR) is 76.1 cm³/mol. The second-order valence-electron chi connectivity index (χ2n) is 5.07. The van der Waals surface area contributed by atoms with Gasteiger partial charge >= 0.3 is 5.97 Å². The number of carbonyl (C=O) groups excluding carboxylic acids is 2. The van der Waals surface area contributed by atoms with Crippen molar-refractivity contribution in [2.45, 2.75) is 6.92 Å². The van der Waals surface area contributed by atoms with Gasteiger partial charge in [-0.3, -0.25) is 4.79 Å². The van der Waals surface area contributed by atoms with Gasteiger partial charge in [0.25, 0.3) is 5.91 Å². The van der Waals surface area contributed by atoms with Crippen LogP contribution in [0.15, 0.2) is 34.6 Å². The zero-order chi connectivity index (χ0) is 15.9. The van der Waals surface area contributed by atoms with Crippen LogP contribution in [0.3, 0.4) is 0 Å². The summed E-state index contributed by atoms with van der Waals surface area (Å²) in [5.41, 5.74) is 1.67. The molecule has 1 N–H and O–H groups in total. The SMILES string of the molecule is CCOC(=O)C1=C2CN(C)C(=O)c3cc(F)ccc3[NH+]2C=N1. The predicted octanol–water partition coefficient (Wildman–Crippen LogP) is 0.244. The van der Waals surface area contributed by atoms with E-state index < -0.39 is 11.8 Å². The number of nitrogens with one attached hydrogen (secondary N) is 1. The van der Waals surface area contributed by atoms with Crippen LogP contribution in [0, 0.1) is 5.82 Å². The number of halogens is 1. The van der Waals surface area contributed by atoms with Crippen LogP contribution in [-0.2, 0) is 9.53 Å². The Bertz CT molecular complexity index is 727. The van der Waals surface area contributed by atoms with Crippen LogP contribution in [0.2, 0.25) is 0 Å². The lowest BCUT2D eigenvalue weighted by Crippen LogP contribution is -3.04. The smallest absolute Gasteiger partial charge is 0.363 e. The highest BCUT2D eigenvalue weighted by molar-refractivity contribution is 6.00. The van der Waals surface area contributed by atoms with Gasteiger partial charge in [0, 0.05) is 13.1 Å². The third-order valence-electron chi connectivity index (χ3n) is 3.65. The molecular formula is C15H15FN3O3+. The standard InChI is InChI=1S/C15H14FN3O3/c1-3-22-15(21)13-12-7-18(2)14(20)10-6-9(16)4-5-11(10)19(12)8-17-13/h4-6,8H,3,7H2,1-2H3/p+1. The van der Waals surface area contributed by atoms with Crippen molar-refractivity contribution in [1.29, 1.82) is 0 Å². The number of rotatable bonds is 2. The van der Waals surface area contributed by atoms with Gasteiger partial charge in [-0.25, -0.2) is 14.1 Å². The van der Waals surface area contributed by atoms with Gasteiger partial charge in [-0.05, 0) is 19.1 Å². The Hall–Kier alpha value is -2.54. The molecule has 2 heterocycles. The van der Waals surface area contributed by atoms with Gasteiger partial charge in [0.1, 0.15) is 11.4 Å². The van der Waals surface area contributed by atoms with Crippen LogP contribution >= 0.6 is 0 Å². The minimum absolute atomic E-state index is 0.202. The topological polar surface area (TPSA) is 63.4 Å². The molecule has 0 saturated heterocycles. The highest BCUT2D eigenvalue weighted by atomic mass is 19.1. The van der Waals surface area contributed by atoms with E-state index in [0.29, 0.717) is 16.3 Å². The molecule has 22 heavy (non-hydrogen) atoms. The van der Waals surface area contributed by atoms with E-state index >= 15 is 0 Å². The molecule has 0 aromatic heterocycles. The zero-order valence-electron chi connectivity index (χ0n) is 12.2. The molecule has 0 radical (unpaired) electrons. The Kier molecular flexibility index (Phi) is 3.50. The fourth-order valence-corrected chi connectivity index (χ4v) is 2.62. The summed E-state index contributed by atoms with van der Waals surface area (Å²) in [4.78, 5) is 30.6. The van der Waals surface area contributed by atoms with Crippen LogP contribution in [0.25, 0.3) is 0 Å². The number of benzene rings is 1. The van der Waals surface area contributed by atoms with Gasteiger partial charge in [-0.2, -0.15) is 4.99 Å². The Morgan fingerprint density at radius 1 is 1.50 bits per heavy atom. The number of hydrogen-bond acceptors (Lipinski definition) is 4. The molecule has 1 amide bonds. The van der Waals surface area contributed by atoms with Crippen LogP contribution in [0.4, 0.5) is 10.1 Å². The second kappa shape index (κ2) is 5.34. The second-order valence-corrected chi connectivity index (χ2v) is 5.07. The molecule has 1 atom stereocenters. The quantitative estimate of drug-likeness (QED) is 0.796. The molecule has 1 aromatic carbocycles. The Labute approximate surface area is 126 Å². The van der Waals surface area contributed by atoms with Gasteiger partial charge in [0.15, 0.2) is 17.7 Å². The van der Waals surface area contributed by atoms with Crippen molar-refractivity contribution in [2.24, 2.45) is 4.99 Å². The maximum absolute atomic E-state index is 13.5. The average molecular weight is 304 g/mol. The molecule has 2 aliphatic heterocycles. The highest BCUT2D eigenvalue weighted by Gasteiger charge is 2.39. The maximum Gasteiger partial charge on any atom is 0.363 e. The molecule has 114 valence electrons. The fourth-order valence-electron chi connectivity index (χ4n) is 2.62. The van der Waals surface area contributed by atoms with Crippen molar-refractivity contribution in [2.75, 3.05) is 20.2 Å². The van der Waals surface area contributed by atoms with Gasteiger partial charge in [0.2, 0.25) is 5.70 Å². The summed E-state index contributed by atoms with van der Waals surface area (Å²) in [6, 6.07) is 4.04. The Morgan fingerprint density at radius 2 is 2.27 bits per heavy atom. The Balaban J connectivity index is 2.14. The average Bonchev–Trinajstić information content (AvgIpc) is 2.86. The van der Waals surface area contributed by atoms with E-state index in [1.807, 2.05) is 0 Å². The first-order valence-corrected chi connectivity index (χ1v) is 6.90. The molecule has 0 spiro atoms. The molecule has 0 fully saturated rings. The number of ether oxygens (including phenoxy) is 1. The first-order chi connectivity index (χ1) is 10.5. The molecule has 1 unspecified atom stereocenters. The lowest BCUT2D eigenvalue weighted by atomic mass is 10.1. The summed E-state index contributed by atoms with van der Waals surface area (Å²) in [5.74, 6) is -1.29. The fraction of sp³-hybridized carbons (Fsp3) is 0.267. The number of quaternary nitrogens is 1. The molecule has 6 nitrogen and oxygen atoms in total. The van der Waals surface area contributed by atoms with Gasteiger partial charge in [0.05, 0.1) is 13.2 Å². The van der Waals surface area contributed by atoms with Crippen LogP contribution in [0.1, 0.15) is 17.3 Å². The summed E-state index contributed by atoms with van der Waals surface area (Å²) >= 11 is 0. The molecule has 2 aliphatic rings. The third kappa shape index (κ3) is 2.19. The summed E-state index contributed by atoms with van der Waals surface area (Å²) in [5, 5.41) is 0. The molecule has 0 bridgehead atoms. The summed E-state index contributed by atoms with van der Waals surface area (Å²) < 4.78 is 18.5. The number of fused-ring (bicyclic) bond motifs is 3. The van der Waals surface area contributed by atoms with Crippen molar-refractivity contribution < 1.29 is 23.6 Å². The van der Waals surface area contributed by atoms with Crippen molar-refractivity contribution >= 4 is 23.9 Å². The zero-order valence-corrected chi connectivity index (χ0v) is 12.2. The maximum atomic E-state index is 13.5. The number of amides is 1. The first kappa shape index (κ1) is 14.4.